The molecule has 2 aromatic heterocycles. The van der Waals surface area contributed by atoms with Crippen LogP contribution in [0.2, 0.25) is 0 Å². The van der Waals surface area contributed by atoms with E-state index in [2.05, 4.69) is 10.3 Å². The van der Waals surface area contributed by atoms with Crippen LogP contribution in [0.25, 0.3) is 10.2 Å². The highest BCUT2D eigenvalue weighted by Crippen LogP contribution is 2.15. The normalized spacial score (nSPS) is 20.6. The lowest BCUT2D eigenvalue weighted by Crippen LogP contribution is -2.38. The third-order valence-corrected chi connectivity index (χ3v) is 3.84. The Balaban J connectivity index is 2.30. The summed E-state index contributed by atoms with van der Waals surface area (Å²) in [6.45, 7) is 1.55. The standard InChI is InChI=1S/C10H11N3O2S/c14-9-8-7(2-4-16-8)12-10(15)13(9)6-1-3-11-5-6/h2,4,6,11H,1,3,5H2,(H,12,15)/t6-/m1/s1. The predicted molar refractivity (Wildman–Crippen MR) is 63.2 cm³/mol. The Morgan fingerprint density at radius 1 is 1.44 bits per heavy atom. The fourth-order valence-electron chi connectivity index (χ4n) is 2.14. The first-order chi connectivity index (χ1) is 7.77. The van der Waals surface area contributed by atoms with Crippen molar-refractivity contribution in [1.29, 1.82) is 0 Å². The maximum Gasteiger partial charge on any atom is 0.329 e. The van der Waals surface area contributed by atoms with Gasteiger partial charge in [0, 0.05) is 6.54 Å². The van der Waals surface area contributed by atoms with Crippen molar-refractivity contribution in [3.05, 3.63) is 32.3 Å². The Kier molecular flexibility index (Phi) is 2.19. The van der Waals surface area contributed by atoms with Crippen molar-refractivity contribution < 1.29 is 0 Å². The van der Waals surface area contributed by atoms with Crippen LogP contribution >= 0.6 is 11.3 Å². The number of thiophene rings is 1. The molecule has 2 N–H and O–H groups in total. The maximum atomic E-state index is 12.1. The topological polar surface area (TPSA) is 66.9 Å². The van der Waals surface area contributed by atoms with Crippen LogP contribution in [0.15, 0.2) is 21.0 Å². The van der Waals surface area contributed by atoms with E-state index in [9.17, 15) is 9.59 Å². The van der Waals surface area contributed by atoms with Gasteiger partial charge in [0.15, 0.2) is 0 Å². The van der Waals surface area contributed by atoms with Crippen LogP contribution in [0.4, 0.5) is 0 Å². The molecular formula is C10H11N3O2S. The van der Waals surface area contributed by atoms with Gasteiger partial charge in [-0.25, -0.2) is 4.79 Å². The molecule has 6 heteroatoms. The molecule has 5 nitrogen and oxygen atoms in total. The van der Waals surface area contributed by atoms with Crippen molar-refractivity contribution in [2.45, 2.75) is 12.5 Å². The summed E-state index contributed by atoms with van der Waals surface area (Å²) in [7, 11) is 0. The summed E-state index contributed by atoms with van der Waals surface area (Å²) in [6.07, 6.45) is 0.833. The number of aromatic amines is 1. The summed E-state index contributed by atoms with van der Waals surface area (Å²) in [5.41, 5.74) is 0.175. The summed E-state index contributed by atoms with van der Waals surface area (Å²) in [6, 6.07) is 1.75. The van der Waals surface area contributed by atoms with E-state index >= 15 is 0 Å². The van der Waals surface area contributed by atoms with Gasteiger partial charge in [-0.2, -0.15) is 0 Å². The molecule has 84 valence electrons. The molecule has 0 amide bonds. The van der Waals surface area contributed by atoms with E-state index in [0.717, 1.165) is 13.0 Å². The van der Waals surface area contributed by atoms with Gasteiger partial charge in [0.05, 0.1) is 11.6 Å². The Bertz CT molecular complexity index is 633. The highest BCUT2D eigenvalue weighted by atomic mass is 32.1. The fourth-order valence-corrected chi connectivity index (χ4v) is 2.93. The summed E-state index contributed by atoms with van der Waals surface area (Å²) in [4.78, 5) is 26.7. The van der Waals surface area contributed by atoms with Gasteiger partial charge in [-0.1, -0.05) is 0 Å². The number of H-pyrrole nitrogens is 1. The lowest BCUT2D eigenvalue weighted by molar-refractivity contribution is 0.508. The zero-order valence-electron chi connectivity index (χ0n) is 8.53. The van der Waals surface area contributed by atoms with Crippen molar-refractivity contribution in [2.75, 3.05) is 13.1 Å². The number of rotatable bonds is 1. The number of fused-ring (bicyclic) bond motifs is 1. The van der Waals surface area contributed by atoms with Crippen molar-refractivity contribution in [3.63, 3.8) is 0 Å². The van der Waals surface area contributed by atoms with Gasteiger partial charge < -0.3 is 10.3 Å². The van der Waals surface area contributed by atoms with Gasteiger partial charge in [-0.3, -0.25) is 9.36 Å². The van der Waals surface area contributed by atoms with Crippen molar-refractivity contribution >= 4 is 21.6 Å². The lowest BCUT2D eigenvalue weighted by atomic mass is 10.2. The minimum Gasteiger partial charge on any atom is -0.315 e. The molecule has 0 unspecified atom stereocenters. The first-order valence-corrected chi connectivity index (χ1v) is 6.08. The third-order valence-electron chi connectivity index (χ3n) is 2.94. The first kappa shape index (κ1) is 9.80. The lowest BCUT2D eigenvalue weighted by Gasteiger charge is -2.10. The zero-order chi connectivity index (χ0) is 11.1. The average molecular weight is 237 g/mol. The molecule has 2 aromatic rings. The van der Waals surface area contributed by atoms with Gasteiger partial charge in [-0.15, -0.1) is 11.3 Å². The minimum absolute atomic E-state index is 0.0113. The molecule has 16 heavy (non-hydrogen) atoms. The number of nitrogens with one attached hydrogen (secondary N) is 2. The van der Waals surface area contributed by atoms with Crippen molar-refractivity contribution in [1.82, 2.24) is 14.9 Å². The number of hydrogen-bond donors (Lipinski definition) is 2. The van der Waals surface area contributed by atoms with Crippen LogP contribution in [-0.4, -0.2) is 22.6 Å². The zero-order valence-corrected chi connectivity index (χ0v) is 9.34. The second kappa shape index (κ2) is 3.57. The SMILES string of the molecule is O=c1[nH]c2ccsc2c(=O)n1[C@@H]1CCNC1. The van der Waals surface area contributed by atoms with Gasteiger partial charge in [0.1, 0.15) is 4.70 Å². The van der Waals surface area contributed by atoms with Crippen LogP contribution in [0.1, 0.15) is 12.5 Å². The van der Waals surface area contributed by atoms with E-state index in [1.165, 1.54) is 15.9 Å². The van der Waals surface area contributed by atoms with E-state index in [4.69, 9.17) is 0 Å². The number of hydrogen-bond acceptors (Lipinski definition) is 4. The Hall–Kier alpha value is -1.40. The van der Waals surface area contributed by atoms with E-state index in [1.807, 2.05) is 5.38 Å². The van der Waals surface area contributed by atoms with Crippen LogP contribution in [-0.2, 0) is 0 Å². The van der Waals surface area contributed by atoms with E-state index in [-0.39, 0.29) is 17.3 Å². The molecule has 1 aliphatic heterocycles. The molecule has 3 rings (SSSR count). The predicted octanol–water partition coefficient (Wildman–Crippen LogP) is 0.286. The summed E-state index contributed by atoms with van der Waals surface area (Å²) in [5.74, 6) is 0. The molecule has 0 saturated carbocycles. The molecule has 3 heterocycles. The minimum atomic E-state index is -0.301. The largest absolute Gasteiger partial charge is 0.329 e. The Morgan fingerprint density at radius 3 is 3.06 bits per heavy atom. The first-order valence-electron chi connectivity index (χ1n) is 5.20. The summed E-state index contributed by atoms with van der Waals surface area (Å²) < 4.78 is 1.98. The molecule has 1 fully saturated rings. The highest BCUT2D eigenvalue weighted by molar-refractivity contribution is 7.17. The summed E-state index contributed by atoms with van der Waals surface area (Å²) >= 11 is 1.37. The van der Waals surface area contributed by atoms with Gasteiger partial charge in [0.25, 0.3) is 5.56 Å². The average Bonchev–Trinajstić information content (AvgIpc) is 2.87. The van der Waals surface area contributed by atoms with E-state index in [1.54, 1.807) is 6.07 Å². The number of aromatic nitrogens is 2. The van der Waals surface area contributed by atoms with Gasteiger partial charge >= 0.3 is 5.69 Å². The highest BCUT2D eigenvalue weighted by Gasteiger charge is 2.21. The Morgan fingerprint density at radius 2 is 2.31 bits per heavy atom. The van der Waals surface area contributed by atoms with Gasteiger partial charge in [-0.05, 0) is 24.4 Å². The molecular weight excluding hydrogens is 226 g/mol. The second-order valence-corrected chi connectivity index (χ2v) is 4.83. The monoisotopic (exact) mass is 237 g/mol. The van der Waals surface area contributed by atoms with Crippen molar-refractivity contribution in [2.24, 2.45) is 0 Å². The van der Waals surface area contributed by atoms with Crippen LogP contribution in [0.3, 0.4) is 0 Å². The van der Waals surface area contributed by atoms with Crippen LogP contribution in [0.5, 0.6) is 0 Å². The van der Waals surface area contributed by atoms with E-state index < -0.39 is 0 Å². The molecule has 0 spiro atoms. The molecule has 0 aromatic carbocycles. The smallest absolute Gasteiger partial charge is 0.315 e. The van der Waals surface area contributed by atoms with Crippen molar-refractivity contribution in [3.8, 4) is 0 Å². The molecule has 1 saturated heterocycles. The molecule has 0 radical (unpaired) electrons. The van der Waals surface area contributed by atoms with Crippen LogP contribution < -0.4 is 16.6 Å². The molecule has 0 aliphatic carbocycles. The molecule has 1 aliphatic rings. The Labute approximate surface area is 94.7 Å². The summed E-state index contributed by atoms with van der Waals surface area (Å²) in [5, 5.41) is 4.98. The maximum absolute atomic E-state index is 12.1. The fraction of sp³-hybridized carbons (Fsp3) is 0.400. The number of nitrogens with zero attached hydrogens (tertiary/aromatic N) is 1. The quantitative estimate of drug-likeness (QED) is 0.749. The van der Waals surface area contributed by atoms with Gasteiger partial charge in [0.2, 0.25) is 0 Å². The second-order valence-electron chi connectivity index (χ2n) is 3.92. The van der Waals surface area contributed by atoms with Crippen LogP contribution in [0, 0.1) is 0 Å². The molecule has 1 atom stereocenters. The van der Waals surface area contributed by atoms with E-state index in [0.29, 0.717) is 16.8 Å². The third kappa shape index (κ3) is 1.34. The molecule has 0 bridgehead atoms.